The van der Waals surface area contributed by atoms with Gasteiger partial charge in [0.15, 0.2) is 0 Å². The topological polar surface area (TPSA) is 42.8 Å². The molecule has 0 bridgehead atoms. The third-order valence-electron chi connectivity index (χ3n) is 0.863. The minimum atomic E-state index is 0.688. The average molecular weight is 110 g/mol. The first-order valence-electron chi connectivity index (χ1n) is 2.47. The highest BCUT2D eigenvalue weighted by molar-refractivity contribution is 4.84. The zero-order valence-electron chi connectivity index (χ0n) is 4.76. The van der Waals surface area contributed by atoms with Crippen molar-refractivity contribution in [2.45, 2.75) is 6.54 Å². The number of aromatic amines is 1. The normalized spacial score (nSPS) is 9.62. The Morgan fingerprint density at radius 2 is 2.75 bits per heavy atom. The molecule has 8 heavy (non-hydrogen) atoms. The van der Waals surface area contributed by atoms with Crippen molar-refractivity contribution in [3.05, 3.63) is 18.2 Å². The lowest BCUT2D eigenvalue weighted by Crippen LogP contribution is -1.97. The fourth-order valence-electron chi connectivity index (χ4n) is 0.534. The van der Waals surface area contributed by atoms with Crippen molar-refractivity contribution in [3.63, 3.8) is 0 Å². The van der Waals surface area contributed by atoms with Crippen LogP contribution in [-0.2, 0) is 6.54 Å². The van der Waals surface area contributed by atoms with Gasteiger partial charge < -0.3 is 4.98 Å². The van der Waals surface area contributed by atoms with Gasteiger partial charge in [0.25, 0.3) is 0 Å². The van der Waals surface area contributed by atoms with E-state index in [0.29, 0.717) is 6.54 Å². The molecule has 0 aliphatic heterocycles. The number of H-pyrrole nitrogens is 1. The quantitative estimate of drug-likeness (QED) is 0.578. The monoisotopic (exact) mass is 110 g/mol. The summed E-state index contributed by atoms with van der Waals surface area (Å²) in [5.41, 5.74) is 0. The molecule has 0 saturated carbocycles. The van der Waals surface area contributed by atoms with Crippen molar-refractivity contribution in [1.82, 2.24) is 15.3 Å². The molecule has 43 valence electrons. The zero-order valence-corrected chi connectivity index (χ0v) is 4.76. The highest BCUT2D eigenvalue weighted by Crippen LogP contribution is 1.84. The summed E-state index contributed by atoms with van der Waals surface area (Å²) < 4.78 is 0. The van der Waals surface area contributed by atoms with Gasteiger partial charge in [-0.15, -0.1) is 0 Å². The first-order valence-corrected chi connectivity index (χ1v) is 2.47. The predicted molar refractivity (Wildman–Crippen MR) is 30.3 cm³/mol. The highest BCUT2D eigenvalue weighted by Gasteiger charge is 1.87. The van der Waals surface area contributed by atoms with Gasteiger partial charge >= 0.3 is 0 Å². The van der Waals surface area contributed by atoms with Gasteiger partial charge in [-0.2, -0.15) is 0 Å². The molecule has 3 nitrogen and oxygen atoms in total. The van der Waals surface area contributed by atoms with Gasteiger partial charge in [-0.3, -0.25) is 0 Å². The zero-order chi connectivity index (χ0) is 5.82. The molecule has 1 heterocycles. The van der Waals surface area contributed by atoms with Crippen LogP contribution in [0.1, 0.15) is 5.82 Å². The summed E-state index contributed by atoms with van der Waals surface area (Å²) >= 11 is 0. The van der Waals surface area contributed by atoms with Crippen LogP contribution in [0.5, 0.6) is 0 Å². The molecular formula is C5H8N3. The minimum absolute atomic E-state index is 0.688. The number of nitrogens with one attached hydrogen (secondary N) is 1. The van der Waals surface area contributed by atoms with Crippen molar-refractivity contribution in [2.24, 2.45) is 0 Å². The summed E-state index contributed by atoms with van der Waals surface area (Å²) in [4.78, 5) is 6.89. The molecule has 0 atom stereocenters. The minimum Gasteiger partial charge on any atom is -0.347 e. The van der Waals surface area contributed by atoms with E-state index in [4.69, 9.17) is 0 Å². The predicted octanol–water partition coefficient (Wildman–Crippen LogP) is 0.144. The van der Waals surface area contributed by atoms with Gasteiger partial charge in [0.2, 0.25) is 0 Å². The molecule has 0 spiro atoms. The molecule has 1 rings (SSSR count). The Balaban J connectivity index is 2.50. The molecule has 1 aromatic heterocycles. The summed E-state index contributed by atoms with van der Waals surface area (Å²) in [6.07, 6.45) is 3.51. The molecule has 3 heteroatoms. The number of nitrogens with zero attached hydrogens (tertiary/aromatic N) is 2. The van der Waals surface area contributed by atoms with E-state index in [9.17, 15) is 0 Å². The van der Waals surface area contributed by atoms with E-state index in [-0.39, 0.29) is 0 Å². The Hall–Kier alpha value is -0.830. The number of imidazole rings is 1. The Kier molecular flexibility index (Phi) is 1.64. The Bertz CT molecular complexity index is 133. The standard InChI is InChI=1S/C5H8N3/c1-6-4-5-7-2-3-8-5/h2-3H,4H2,1H3,(H,7,8). The molecule has 0 aliphatic rings. The molecule has 0 aromatic carbocycles. The summed E-state index contributed by atoms with van der Waals surface area (Å²) in [5.74, 6) is 0.924. The van der Waals surface area contributed by atoms with Gasteiger partial charge in [0.05, 0.1) is 6.54 Å². The first kappa shape index (κ1) is 5.31. The van der Waals surface area contributed by atoms with Crippen molar-refractivity contribution >= 4 is 0 Å². The van der Waals surface area contributed by atoms with Crippen LogP contribution in [-0.4, -0.2) is 17.0 Å². The van der Waals surface area contributed by atoms with Crippen LogP contribution in [0.25, 0.3) is 0 Å². The Labute approximate surface area is 48.1 Å². The van der Waals surface area contributed by atoms with E-state index in [0.717, 1.165) is 5.82 Å². The lowest BCUT2D eigenvalue weighted by molar-refractivity contribution is 0.757. The molecule has 1 N–H and O–H groups in total. The second-order valence-corrected chi connectivity index (χ2v) is 1.51. The third kappa shape index (κ3) is 1.07. The molecule has 1 radical (unpaired) electrons. The Morgan fingerprint density at radius 3 is 3.25 bits per heavy atom. The van der Waals surface area contributed by atoms with Crippen molar-refractivity contribution in [2.75, 3.05) is 7.05 Å². The number of hydrogen-bond acceptors (Lipinski definition) is 1. The van der Waals surface area contributed by atoms with Crippen LogP contribution in [0, 0.1) is 0 Å². The van der Waals surface area contributed by atoms with Crippen LogP contribution in [0.4, 0.5) is 0 Å². The largest absolute Gasteiger partial charge is 0.347 e. The number of hydrogen-bond donors (Lipinski definition) is 1. The van der Waals surface area contributed by atoms with Gasteiger partial charge in [0.1, 0.15) is 5.82 Å². The molecular weight excluding hydrogens is 102 g/mol. The maximum absolute atomic E-state index is 3.96. The third-order valence-corrected chi connectivity index (χ3v) is 0.863. The van der Waals surface area contributed by atoms with Crippen LogP contribution >= 0.6 is 0 Å². The fraction of sp³-hybridized carbons (Fsp3) is 0.400. The van der Waals surface area contributed by atoms with Gasteiger partial charge in [-0.05, 0) is 0 Å². The summed E-state index contributed by atoms with van der Waals surface area (Å²) in [6.45, 7) is 0.688. The van der Waals surface area contributed by atoms with Crippen LogP contribution in [0.3, 0.4) is 0 Å². The molecule has 0 amide bonds. The second kappa shape index (κ2) is 2.47. The summed E-state index contributed by atoms with van der Waals surface area (Å²) in [7, 11) is 1.77. The smallest absolute Gasteiger partial charge is 0.121 e. The van der Waals surface area contributed by atoms with E-state index in [1.54, 1.807) is 19.4 Å². The summed E-state index contributed by atoms with van der Waals surface area (Å²) in [5, 5.41) is 3.88. The SMILES string of the molecule is C[N]Cc1ncc[nH]1. The fourth-order valence-corrected chi connectivity index (χ4v) is 0.534. The number of rotatable bonds is 2. The van der Waals surface area contributed by atoms with Gasteiger partial charge in [-0.1, -0.05) is 0 Å². The molecule has 0 aliphatic carbocycles. The van der Waals surface area contributed by atoms with Crippen LogP contribution in [0.15, 0.2) is 12.4 Å². The maximum Gasteiger partial charge on any atom is 0.121 e. The first-order chi connectivity index (χ1) is 3.93. The molecule has 1 aromatic rings. The van der Waals surface area contributed by atoms with Crippen molar-refractivity contribution < 1.29 is 0 Å². The Morgan fingerprint density at radius 1 is 1.88 bits per heavy atom. The van der Waals surface area contributed by atoms with E-state index in [2.05, 4.69) is 15.3 Å². The maximum atomic E-state index is 3.96. The van der Waals surface area contributed by atoms with E-state index in [1.165, 1.54) is 0 Å². The van der Waals surface area contributed by atoms with Crippen LogP contribution < -0.4 is 5.32 Å². The van der Waals surface area contributed by atoms with Gasteiger partial charge in [0, 0.05) is 19.4 Å². The molecule has 0 saturated heterocycles. The van der Waals surface area contributed by atoms with Crippen molar-refractivity contribution in [1.29, 1.82) is 0 Å². The number of aromatic nitrogens is 2. The van der Waals surface area contributed by atoms with Crippen molar-refractivity contribution in [3.8, 4) is 0 Å². The summed E-state index contributed by atoms with van der Waals surface area (Å²) in [6, 6.07) is 0. The van der Waals surface area contributed by atoms with E-state index < -0.39 is 0 Å². The molecule has 0 unspecified atom stereocenters. The van der Waals surface area contributed by atoms with E-state index >= 15 is 0 Å². The molecule has 0 fully saturated rings. The lowest BCUT2D eigenvalue weighted by Gasteiger charge is -1.86. The van der Waals surface area contributed by atoms with Gasteiger partial charge in [-0.25, -0.2) is 10.3 Å². The second-order valence-electron chi connectivity index (χ2n) is 1.51. The lowest BCUT2D eigenvalue weighted by atomic mass is 10.6. The highest BCUT2D eigenvalue weighted by atomic mass is 14.9. The van der Waals surface area contributed by atoms with Crippen LogP contribution in [0.2, 0.25) is 0 Å². The van der Waals surface area contributed by atoms with E-state index in [1.807, 2.05) is 0 Å². The average Bonchev–Trinajstić information content (AvgIpc) is 2.19.